The molecule has 1 fully saturated rings. The van der Waals surface area contributed by atoms with Crippen LogP contribution in [0, 0.1) is 0 Å². The molecule has 29 heavy (non-hydrogen) atoms. The molecular formula is C21H19N5OS2. The molecule has 146 valence electrons. The highest BCUT2D eigenvalue weighted by molar-refractivity contribution is 7.80. The van der Waals surface area contributed by atoms with Crippen LogP contribution in [0.1, 0.15) is 23.5 Å². The van der Waals surface area contributed by atoms with Crippen molar-refractivity contribution in [3.05, 3.63) is 78.4 Å². The molecule has 8 heteroatoms. The summed E-state index contributed by atoms with van der Waals surface area (Å²) >= 11 is 7.26. The molecule has 0 saturated carbocycles. The van der Waals surface area contributed by atoms with E-state index in [0.29, 0.717) is 11.7 Å². The van der Waals surface area contributed by atoms with Crippen LogP contribution in [0.25, 0.3) is 15.3 Å². The maximum Gasteiger partial charge on any atom is 0.194 e. The number of thiazole rings is 1. The fraction of sp³-hybridized carbons (Fsp3) is 0.190. The van der Waals surface area contributed by atoms with Gasteiger partial charge in [-0.15, -0.1) is 0 Å². The molecule has 1 saturated heterocycles. The number of pyridine rings is 1. The van der Waals surface area contributed by atoms with Gasteiger partial charge in [0.1, 0.15) is 0 Å². The van der Waals surface area contributed by atoms with Crippen molar-refractivity contribution in [3.63, 3.8) is 0 Å². The lowest BCUT2D eigenvalue weighted by Gasteiger charge is -2.27. The second-order valence-corrected chi connectivity index (χ2v) is 8.21. The molecule has 0 radical (unpaired) electrons. The summed E-state index contributed by atoms with van der Waals surface area (Å²) in [5.74, 6) is 0. The molecule has 0 aliphatic carbocycles. The minimum absolute atomic E-state index is 0.0229. The summed E-state index contributed by atoms with van der Waals surface area (Å²) in [6, 6.07) is 17.9. The third-order valence-corrected chi connectivity index (χ3v) is 6.50. The van der Waals surface area contributed by atoms with Crippen molar-refractivity contribution >= 4 is 38.9 Å². The number of nitrogens with zero attached hydrogens (tertiary/aromatic N) is 4. The molecule has 5 rings (SSSR count). The second kappa shape index (κ2) is 7.55. The number of benzene rings is 1. The lowest BCUT2D eigenvalue weighted by Crippen LogP contribution is -2.32. The summed E-state index contributed by atoms with van der Waals surface area (Å²) in [6.45, 7) is 0.472. The monoisotopic (exact) mass is 421 g/mol. The minimum atomic E-state index is -0.113. The Kier molecular flexibility index (Phi) is 4.75. The molecule has 2 N–H and O–H groups in total. The van der Waals surface area contributed by atoms with Gasteiger partial charge in [0.15, 0.2) is 10.2 Å². The van der Waals surface area contributed by atoms with Crippen molar-refractivity contribution < 1.29 is 5.11 Å². The van der Waals surface area contributed by atoms with Gasteiger partial charge in [0.25, 0.3) is 0 Å². The van der Waals surface area contributed by atoms with Crippen LogP contribution in [-0.4, -0.2) is 42.8 Å². The highest BCUT2D eigenvalue weighted by Gasteiger charge is 2.41. The predicted octanol–water partition coefficient (Wildman–Crippen LogP) is 3.45. The van der Waals surface area contributed by atoms with Gasteiger partial charge in [0.05, 0.1) is 40.3 Å². The van der Waals surface area contributed by atoms with Crippen LogP contribution in [-0.2, 0) is 0 Å². The average Bonchev–Trinajstić information content (AvgIpc) is 3.46. The van der Waals surface area contributed by atoms with Crippen LogP contribution >= 0.6 is 23.6 Å². The highest BCUT2D eigenvalue weighted by atomic mass is 32.1. The van der Waals surface area contributed by atoms with Gasteiger partial charge in [-0.05, 0) is 48.6 Å². The number of aliphatic hydroxyl groups is 1. The number of aromatic nitrogens is 3. The van der Waals surface area contributed by atoms with E-state index in [9.17, 15) is 5.11 Å². The number of aliphatic hydroxyl groups excluding tert-OH is 1. The van der Waals surface area contributed by atoms with Gasteiger partial charge in [-0.25, -0.2) is 4.98 Å². The van der Waals surface area contributed by atoms with E-state index in [1.807, 2.05) is 53.6 Å². The number of β-amino-alcohol motifs (C(OH)–C–C–N with tert-alkyl or cyclic N) is 1. The van der Waals surface area contributed by atoms with Gasteiger partial charge in [-0.3, -0.25) is 9.55 Å². The zero-order valence-electron chi connectivity index (χ0n) is 15.5. The number of nitrogens with one attached hydrogen (secondary N) is 1. The normalized spacial score (nSPS) is 19.1. The van der Waals surface area contributed by atoms with Crippen LogP contribution in [0.5, 0.6) is 0 Å². The molecule has 1 aliphatic heterocycles. The largest absolute Gasteiger partial charge is 0.395 e. The molecule has 6 nitrogen and oxygen atoms in total. The summed E-state index contributed by atoms with van der Waals surface area (Å²) < 4.78 is 3.27. The van der Waals surface area contributed by atoms with Crippen LogP contribution < -0.4 is 5.32 Å². The highest BCUT2D eigenvalue weighted by Crippen LogP contribution is 2.40. The van der Waals surface area contributed by atoms with Gasteiger partial charge in [0.2, 0.25) is 0 Å². The van der Waals surface area contributed by atoms with Crippen LogP contribution in [0.4, 0.5) is 0 Å². The summed E-state index contributed by atoms with van der Waals surface area (Å²) in [6.07, 6.45) is 3.82. The van der Waals surface area contributed by atoms with Crippen molar-refractivity contribution in [2.45, 2.75) is 12.1 Å². The van der Waals surface area contributed by atoms with Crippen molar-refractivity contribution in [1.29, 1.82) is 0 Å². The van der Waals surface area contributed by atoms with E-state index in [4.69, 9.17) is 17.2 Å². The Morgan fingerprint density at radius 3 is 2.76 bits per heavy atom. The first-order valence-electron chi connectivity index (χ1n) is 9.38. The number of rotatable bonds is 5. The molecule has 1 aromatic carbocycles. The molecule has 0 unspecified atom stereocenters. The lowest BCUT2D eigenvalue weighted by molar-refractivity contribution is 0.220. The van der Waals surface area contributed by atoms with Crippen molar-refractivity contribution in [1.82, 2.24) is 24.8 Å². The zero-order chi connectivity index (χ0) is 19.8. The molecule has 4 aromatic rings. The lowest BCUT2D eigenvalue weighted by atomic mass is 10.0. The second-order valence-electron chi connectivity index (χ2n) is 6.81. The Labute approximate surface area is 177 Å². The number of hydrogen-bond acceptors (Lipinski definition) is 5. The first-order chi connectivity index (χ1) is 14.3. The standard InChI is InChI=1S/C21H19N5OS2/c27-13-12-26-19(18(24-20(26)28)15-7-3-4-10-22-15)16-8-5-11-25(16)21-23-14-6-1-2-9-17(14)29-21/h1-11,18-19,27H,12-13H2,(H,24,28)/t18-,19-/m1/s1. The van der Waals surface area contributed by atoms with Crippen molar-refractivity contribution in [2.24, 2.45) is 0 Å². The van der Waals surface area contributed by atoms with Gasteiger partial charge in [-0.2, -0.15) is 0 Å². The zero-order valence-corrected chi connectivity index (χ0v) is 17.1. The summed E-state index contributed by atoms with van der Waals surface area (Å²) in [4.78, 5) is 11.4. The summed E-state index contributed by atoms with van der Waals surface area (Å²) in [7, 11) is 0. The van der Waals surface area contributed by atoms with E-state index in [-0.39, 0.29) is 18.7 Å². The van der Waals surface area contributed by atoms with E-state index in [0.717, 1.165) is 26.7 Å². The molecule has 0 amide bonds. The fourth-order valence-corrected chi connectivity index (χ4v) is 5.15. The molecular weight excluding hydrogens is 402 g/mol. The third-order valence-electron chi connectivity index (χ3n) is 5.11. The van der Waals surface area contributed by atoms with Crippen molar-refractivity contribution in [3.8, 4) is 5.13 Å². The smallest absolute Gasteiger partial charge is 0.194 e. The molecule has 0 bridgehead atoms. The third kappa shape index (κ3) is 3.19. The molecule has 3 aromatic heterocycles. The Morgan fingerprint density at radius 1 is 1.10 bits per heavy atom. The van der Waals surface area contributed by atoms with Crippen molar-refractivity contribution in [2.75, 3.05) is 13.2 Å². The van der Waals surface area contributed by atoms with Crippen LogP contribution in [0.3, 0.4) is 0 Å². The Hall–Kier alpha value is -2.81. The van der Waals surface area contributed by atoms with E-state index in [1.165, 1.54) is 0 Å². The Balaban J connectivity index is 1.62. The topological polar surface area (TPSA) is 66.2 Å². The van der Waals surface area contributed by atoms with E-state index in [1.54, 1.807) is 17.5 Å². The van der Waals surface area contributed by atoms with Crippen LogP contribution in [0.2, 0.25) is 0 Å². The Bertz CT molecular complexity index is 1120. The van der Waals surface area contributed by atoms with E-state index < -0.39 is 0 Å². The Morgan fingerprint density at radius 2 is 1.97 bits per heavy atom. The molecule has 1 aliphatic rings. The fourth-order valence-electron chi connectivity index (χ4n) is 3.85. The number of fused-ring (bicyclic) bond motifs is 1. The molecule has 0 spiro atoms. The summed E-state index contributed by atoms with van der Waals surface area (Å²) in [5.41, 5.74) is 2.96. The van der Waals surface area contributed by atoms with E-state index >= 15 is 0 Å². The summed E-state index contributed by atoms with van der Waals surface area (Å²) in [5, 5.41) is 14.6. The number of para-hydroxylation sites is 1. The van der Waals surface area contributed by atoms with Gasteiger partial charge >= 0.3 is 0 Å². The van der Waals surface area contributed by atoms with Gasteiger partial charge < -0.3 is 15.3 Å². The molecule has 4 heterocycles. The van der Waals surface area contributed by atoms with Gasteiger partial charge in [-0.1, -0.05) is 29.5 Å². The van der Waals surface area contributed by atoms with Gasteiger partial charge in [0, 0.05) is 18.9 Å². The first kappa shape index (κ1) is 18.2. The average molecular weight is 422 g/mol. The molecule has 2 atom stereocenters. The van der Waals surface area contributed by atoms with Crippen LogP contribution in [0.15, 0.2) is 67.0 Å². The SMILES string of the molecule is OCCN1C(=S)N[C@H](c2ccccn2)[C@H]1c1cccn1-c1nc2ccccc2s1. The number of thiocarbonyl (C=S) groups is 1. The number of hydrogen-bond donors (Lipinski definition) is 2. The first-order valence-corrected chi connectivity index (χ1v) is 10.6. The maximum absolute atomic E-state index is 9.64. The quantitative estimate of drug-likeness (QED) is 0.481. The maximum atomic E-state index is 9.64. The predicted molar refractivity (Wildman–Crippen MR) is 118 cm³/mol. The minimum Gasteiger partial charge on any atom is -0.395 e. The van der Waals surface area contributed by atoms with E-state index in [2.05, 4.69) is 27.0 Å².